The third-order valence-electron chi connectivity index (χ3n) is 1.52. The highest BCUT2D eigenvalue weighted by atomic mass is 79.9. The van der Waals surface area contributed by atoms with Gasteiger partial charge in [0.2, 0.25) is 0 Å². The highest BCUT2D eigenvalue weighted by molar-refractivity contribution is 9.10. The topological polar surface area (TPSA) is 32.3 Å². The van der Waals surface area contributed by atoms with Gasteiger partial charge in [0.05, 0.1) is 0 Å². The Kier molecular flexibility index (Phi) is 3.05. The summed E-state index contributed by atoms with van der Waals surface area (Å²) in [5.41, 5.74) is 4.37. The molecule has 0 heterocycles. The van der Waals surface area contributed by atoms with E-state index in [9.17, 15) is 0 Å². The first-order chi connectivity index (χ1) is 5.24. The fraction of sp³-hybridized carbons (Fsp3) is 0.250. The lowest BCUT2D eigenvalue weighted by Crippen LogP contribution is -2.05. The fourth-order valence-electron chi connectivity index (χ4n) is 0.838. The van der Waals surface area contributed by atoms with Gasteiger partial charge in [-0.3, -0.25) is 0 Å². The second-order valence-electron chi connectivity index (χ2n) is 2.42. The summed E-state index contributed by atoms with van der Waals surface area (Å²) >= 11 is 3.41. The summed E-state index contributed by atoms with van der Waals surface area (Å²) in [5, 5.41) is 8.41. The van der Waals surface area contributed by atoms with Gasteiger partial charge in [0.15, 0.2) is 0 Å². The van der Waals surface area contributed by atoms with Crippen LogP contribution in [0.3, 0.4) is 0 Å². The predicted molar refractivity (Wildman–Crippen MR) is 47.5 cm³/mol. The van der Waals surface area contributed by atoms with Gasteiger partial charge in [-0.1, -0.05) is 28.1 Å². The summed E-state index contributed by atoms with van der Waals surface area (Å²) in [6.45, 7) is 2.51. The number of rotatable bonds is 2. The molecule has 0 bridgehead atoms. The molecule has 0 aliphatic carbocycles. The van der Waals surface area contributed by atoms with Crippen molar-refractivity contribution in [3.8, 4) is 0 Å². The van der Waals surface area contributed by atoms with Gasteiger partial charge in [-0.15, -0.1) is 0 Å². The van der Waals surface area contributed by atoms with Crippen molar-refractivity contribution in [1.29, 1.82) is 0 Å². The van der Waals surface area contributed by atoms with Crippen molar-refractivity contribution in [3.05, 3.63) is 33.8 Å². The van der Waals surface area contributed by atoms with Crippen molar-refractivity contribution in [3.63, 3.8) is 0 Å². The van der Waals surface area contributed by atoms with E-state index in [2.05, 4.69) is 21.4 Å². The zero-order valence-electron chi connectivity index (χ0n) is 6.26. The summed E-state index contributed by atoms with van der Waals surface area (Å²) in [6, 6.07) is 5.97. The summed E-state index contributed by atoms with van der Waals surface area (Å²) in [5.74, 6) is 0. The van der Waals surface area contributed by atoms with E-state index in [1.54, 1.807) is 0 Å². The maximum atomic E-state index is 8.41. The molecule has 1 rings (SSSR count). The Hall–Kier alpha value is -0.380. The standard InChI is InChI=1S/C8H10BrNO/c1-6-2-3-7(5-10-11)4-8(6)9/h2-4,10-11H,5H2,1H3. The maximum Gasteiger partial charge on any atom is 0.0458 e. The number of hydroxylamine groups is 1. The number of hydrogen-bond acceptors (Lipinski definition) is 2. The van der Waals surface area contributed by atoms with Crippen molar-refractivity contribution >= 4 is 15.9 Å². The van der Waals surface area contributed by atoms with Gasteiger partial charge in [0.25, 0.3) is 0 Å². The lowest BCUT2D eigenvalue weighted by Gasteiger charge is -2.01. The van der Waals surface area contributed by atoms with Crippen molar-refractivity contribution in [2.45, 2.75) is 13.5 Å². The van der Waals surface area contributed by atoms with Crippen LogP contribution in [0.1, 0.15) is 11.1 Å². The molecule has 1 aromatic rings. The van der Waals surface area contributed by atoms with E-state index in [1.165, 1.54) is 5.56 Å². The molecule has 2 N–H and O–H groups in total. The molecular weight excluding hydrogens is 206 g/mol. The molecule has 11 heavy (non-hydrogen) atoms. The number of halogens is 1. The molecule has 0 radical (unpaired) electrons. The molecule has 0 amide bonds. The highest BCUT2D eigenvalue weighted by Gasteiger charge is 1.95. The third-order valence-corrected chi connectivity index (χ3v) is 2.37. The minimum atomic E-state index is 0.485. The lowest BCUT2D eigenvalue weighted by atomic mass is 10.1. The molecule has 0 atom stereocenters. The van der Waals surface area contributed by atoms with Crippen molar-refractivity contribution in [2.24, 2.45) is 0 Å². The molecule has 0 spiro atoms. The van der Waals surface area contributed by atoms with Crippen LogP contribution >= 0.6 is 15.9 Å². The quantitative estimate of drug-likeness (QED) is 0.743. The first kappa shape index (κ1) is 8.71. The molecule has 0 fully saturated rings. The average Bonchev–Trinajstić information content (AvgIpc) is 1.98. The van der Waals surface area contributed by atoms with Crippen LogP contribution in [0.15, 0.2) is 22.7 Å². The Morgan fingerprint density at radius 3 is 2.82 bits per heavy atom. The Bertz CT molecular complexity index is 250. The molecule has 0 aliphatic heterocycles. The van der Waals surface area contributed by atoms with Gasteiger partial charge < -0.3 is 5.21 Å². The van der Waals surface area contributed by atoms with Crippen molar-refractivity contribution < 1.29 is 5.21 Å². The Balaban J connectivity index is 2.86. The smallest absolute Gasteiger partial charge is 0.0458 e. The number of nitrogens with one attached hydrogen (secondary N) is 1. The van der Waals surface area contributed by atoms with Crippen molar-refractivity contribution in [2.75, 3.05) is 0 Å². The van der Waals surface area contributed by atoms with Crippen LogP contribution in [0.25, 0.3) is 0 Å². The van der Waals surface area contributed by atoms with Crippen LogP contribution < -0.4 is 5.48 Å². The summed E-state index contributed by atoms with van der Waals surface area (Å²) in [4.78, 5) is 0. The second kappa shape index (κ2) is 3.85. The predicted octanol–water partition coefficient (Wildman–Crippen LogP) is 2.24. The molecule has 0 unspecified atom stereocenters. The van der Waals surface area contributed by atoms with Crippen LogP contribution in [0.2, 0.25) is 0 Å². The molecule has 0 saturated heterocycles. The minimum absolute atomic E-state index is 0.485. The zero-order valence-corrected chi connectivity index (χ0v) is 7.85. The largest absolute Gasteiger partial charge is 0.316 e. The van der Waals surface area contributed by atoms with Gasteiger partial charge in [-0.05, 0) is 24.1 Å². The van der Waals surface area contributed by atoms with Crippen LogP contribution in [0.5, 0.6) is 0 Å². The number of hydrogen-bond donors (Lipinski definition) is 2. The first-order valence-corrected chi connectivity index (χ1v) is 4.15. The normalized spacial score (nSPS) is 10.1. The van der Waals surface area contributed by atoms with Crippen molar-refractivity contribution in [1.82, 2.24) is 5.48 Å². The molecule has 0 saturated carbocycles. The monoisotopic (exact) mass is 215 g/mol. The van der Waals surface area contributed by atoms with Crippen LogP contribution in [-0.2, 0) is 6.54 Å². The number of benzene rings is 1. The number of aryl methyl sites for hydroxylation is 1. The van der Waals surface area contributed by atoms with E-state index in [4.69, 9.17) is 5.21 Å². The van der Waals surface area contributed by atoms with Crippen LogP contribution in [0.4, 0.5) is 0 Å². The molecular formula is C8H10BrNO. The molecule has 0 aromatic heterocycles. The Morgan fingerprint density at radius 2 is 2.27 bits per heavy atom. The molecule has 1 aromatic carbocycles. The van der Waals surface area contributed by atoms with Gasteiger partial charge in [0.1, 0.15) is 0 Å². The van der Waals surface area contributed by atoms with E-state index in [-0.39, 0.29) is 0 Å². The Morgan fingerprint density at radius 1 is 1.55 bits per heavy atom. The molecule has 60 valence electrons. The maximum absolute atomic E-state index is 8.41. The van der Waals surface area contributed by atoms with E-state index < -0.39 is 0 Å². The van der Waals surface area contributed by atoms with Gasteiger partial charge in [-0.25, -0.2) is 5.48 Å². The van der Waals surface area contributed by atoms with Gasteiger partial charge in [-0.2, -0.15) is 0 Å². The summed E-state index contributed by atoms with van der Waals surface area (Å²) < 4.78 is 1.07. The third kappa shape index (κ3) is 2.29. The molecule has 2 nitrogen and oxygen atoms in total. The van der Waals surface area contributed by atoms with E-state index >= 15 is 0 Å². The van der Waals surface area contributed by atoms with E-state index in [0.29, 0.717) is 6.54 Å². The Labute approximate surface area is 74.3 Å². The molecule has 3 heteroatoms. The van der Waals surface area contributed by atoms with E-state index in [0.717, 1.165) is 10.0 Å². The van der Waals surface area contributed by atoms with Crippen LogP contribution in [-0.4, -0.2) is 5.21 Å². The molecule has 0 aliphatic rings. The van der Waals surface area contributed by atoms with Gasteiger partial charge >= 0.3 is 0 Å². The average molecular weight is 216 g/mol. The highest BCUT2D eigenvalue weighted by Crippen LogP contribution is 2.17. The van der Waals surface area contributed by atoms with Crippen LogP contribution in [0, 0.1) is 6.92 Å². The summed E-state index contributed by atoms with van der Waals surface area (Å²) in [6.07, 6.45) is 0. The SMILES string of the molecule is Cc1ccc(CNO)cc1Br. The lowest BCUT2D eigenvalue weighted by molar-refractivity contribution is 0.161. The van der Waals surface area contributed by atoms with E-state index in [1.807, 2.05) is 25.1 Å². The first-order valence-electron chi connectivity index (χ1n) is 3.36. The summed E-state index contributed by atoms with van der Waals surface area (Å²) in [7, 11) is 0. The van der Waals surface area contributed by atoms with Gasteiger partial charge in [0, 0.05) is 11.0 Å². The second-order valence-corrected chi connectivity index (χ2v) is 3.27. The minimum Gasteiger partial charge on any atom is -0.316 e. The fourth-order valence-corrected chi connectivity index (χ4v) is 1.26. The zero-order chi connectivity index (χ0) is 8.27.